The van der Waals surface area contributed by atoms with Crippen molar-refractivity contribution in [2.24, 2.45) is 5.41 Å². The molecule has 1 fully saturated rings. The summed E-state index contributed by atoms with van der Waals surface area (Å²) >= 11 is 6.31. The Morgan fingerprint density at radius 3 is 2.33 bits per heavy atom. The molecule has 27 heavy (non-hydrogen) atoms. The second-order valence-corrected chi connectivity index (χ2v) is 8.46. The van der Waals surface area contributed by atoms with Crippen LogP contribution in [-0.2, 0) is 16.0 Å². The zero-order valence-corrected chi connectivity index (χ0v) is 17.0. The van der Waals surface area contributed by atoms with E-state index in [4.69, 9.17) is 21.1 Å². The third kappa shape index (κ3) is 4.67. The third-order valence-corrected chi connectivity index (χ3v) is 5.06. The zero-order valence-electron chi connectivity index (χ0n) is 16.2. The van der Waals surface area contributed by atoms with Crippen LogP contribution in [0.2, 0.25) is 5.02 Å². The standard InChI is InChI=1S/C20H27ClN2O4/c1-20(2,3)19(25)23-7-5-22(6-8-23)17(24)13-14-11-15(21)18-16(12-14)26-9-4-10-27-18/h11-12H,4-10,13H2,1-3H3. The van der Waals surface area contributed by atoms with Gasteiger partial charge in [0.05, 0.1) is 24.7 Å². The summed E-state index contributed by atoms with van der Waals surface area (Å²) < 4.78 is 11.3. The van der Waals surface area contributed by atoms with Crippen molar-refractivity contribution >= 4 is 23.4 Å². The lowest BCUT2D eigenvalue weighted by Crippen LogP contribution is -2.53. The number of piperazine rings is 1. The largest absolute Gasteiger partial charge is 0.489 e. The minimum atomic E-state index is -0.396. The van der Waals surface area contributed by atoms with Crippen molar-refractivity contribution in [1.82, 2.24) is 9.80 Å². The van der Waals surface area contributed by atoms with Gasteiger partial charge in [0.15, 0.2) is 11.5 Å². The van der Waals surface area contributed by atoms with Crippen LogP contribution in [-0.4, -0.2) is 61.0 Å². The molecule has 0 saturated carbocycles. The van der Waals surface area contributed by atoms with Crippen molar-refractivity contribution in [2.45, 2.75) is 33.6 Å². The molecular formula is C20H27ClN2O4. The van der Waals surface area contributed by atoms with E-state index in [1.54, 1.807) is 6.07 Å². The number of halogens is 1. The number of hydrogen-bond donors (Lipinski definition) is 0. The highest BCUT2D eigenvalue weighted by molar-refractivity contribution is 6.32. The molecule has 2 aliphatic rings. The van der Waals surface area contributed by atoms with E-state index in [0.29, 0.717) is 55.9 Å². The van der Waals surface area contributed by atoms with Gasteiger partial charge in [-0.2, -0.15) is 0 Å². The first-order valence-corrected chi connectivity index (χ1v) is 9.78. The maximum absolute atomic E-state index is 12.7. The molecule has 0 atom stereocenters. The van der Waals surface area contributed by atoms with Crippen molar-refractivity contribution in [3.63, 3.8) is 0 Å². The molecule has 2 aliphatic heterocycles. The molecule has 2 amide bonds. The van der Waals surface area contributed by atoms with Gasteiger partial charge in [0, 0.05) is 38.0 Å². The second kappa shape index (κ2) is 7.97. The lowest BCUT2D eigenvalue weighted by Gasteiger charge is -2.37. The van der Waals surface area contributed by atoms with Crippen LogP contribution in [0.5, 0.6) is 11.5 Å². The highest BCUT2D eigenvalue weighted by atomic mass is 35.5. The van der Waals surface area contributed by atoms with Gasteiger partial charge in [-0.05, 0) is 17.7 Å². The Morgan fingerprint density at radius 2 is 1.67 bits per heavy atom. The smallest absolute Gasteiger partial charge is 0.228 e. The molecule has 0 unspecified atom stereocenters. The van der Waals surface area contributed by atoms with Crippen LogP contribution in [0.4, 0.5) is 0 Å². The number of rotatable bonds is 2. The molecule has 7 heteroatoms. The predicted molar refractivity (Wildman–Crippen MR) is 103 cm³/mol. The number of fused-ring (bicyclic) bond motifs is 1. The number of benzene rings is 1. The first-order chi connectivity index (χ1) is 12.8. The molecule has 0 radical (unpaired) electrons. The highest BCUT2D eigenvalue weighted by Gasteiger charge is 2.31. The topological polar surface area (TPSA) is 59.1 Å². The van der Waals surface area contributed by atoms with Gasteiger partial charge in [0.1, 0.15) is 0 Å². The van der Waals surface area contributed by atoms with Crippen LogP contribution in [0.15, 0.2) is 12.1 Å². The number of carbonyl (C=O) groups excluding carboxylic acids is 2. The lowest BCUT2D eigenvalue weighted by molar-refractivity contribution is -0.144. The molecule has 0 aromatic heterocycles. The maximum Gasteiger partial charge on any atom is 0.228 e. The summed E-state index contributed by atoms with van der Waals surface area (Å²) in [5.74, 6) is 1.32. The Bertz CT molecular complexity index is 721. The Morgan fingerprint density at radius 1 is 1.04 bits per heavy atom. The first kappa shape index (κ1) is 19.8. The van der Waals surface area contributed by atoms with Crippen molar-refractivity contribution in [3.8, 4) is 11.5 Å². The summed E-state index contributed by atoms with van der Waals surface area (Å²) in [6.45, 7) is 9.15. The normalized spacial score (nSPS) is 17.5. The van der Waals surface area contributed by atoms with E-state index in [2.05, 4.69) is 0 Å². The number of ether oxygens (including phenoxy) is 2. The van der Waals surface area contributed by atoms with Crippen molar-refractivity contribution < 1.29 is 19.1 Å². The van der Waals surface area contributed by atoms with Crippen LogP contribution < -0.4 is 9.47 Å². The summed E-state index contributed by atoms with van der Waals surface area (Å²) in [7, 11) is 0. The van der Waals surface area contributed by atoms with E-state index >= 15 is 0 Å². The average molecular weight is 395 g/mol. The molecule has 0 bridgehead atoms. The Kier molecular flexibility index (Phi) is 5.84. The van der Waals surface area contributed by atoms with Gasteiger partial charge in [-0.25, -0.2) is 0 Å². The van der Waals surface area contributed by atoms with Gasteiger partial charge >= 0.3 is 0 Å². The summed E-state index contributed by atoms with van der Waals surface area (Å²) in [6.07, 6.45) is 1.06. The monoisotopic (exact) mass is 394 g/mol. The summed E-state index contributed by atoms with van der Waals surface area (Å²) in [6, 6.07) is 3.61. The van der Waals surface area contributed by atoms with Crippen LogP contribution in [0.1, 0.15) is 32.8 Å². The van der Waals surface area contributed by atoms with E-state index in [9.17, 15) is 9.59 Å². The minimum absolute atomic E-state index is 0.0309. The van der Waals surface area contributed by atoms with Gasteiger partial charge in [-0.1, -0.05) is 32.4 Å². The van der Waals surface area contributed by atoms with E-state index < -0.39 is 5.41 Å². The van der Waals surface area contributed by atoms with Gasteiger partial charge in [0.2, 0.25) is 11.8 Å². The summed E-state index contributed by atoms with van der Waals surface area (Å²) in [5, 5.41) is 0.470. The quantitative estimate of drug-likeness (QED) is 0.773. The molecule has 148 valence electrons. The Hall–Kier alpha value is -1.95. The van der Waals surface area contributed by atoms with Crippen LogP contribution in [0.3, 0.4) is 0 Å². The van der Waals surface area contributed by atoms with E-state index in [-0.39, 0.29) is 18.2 Å². The summed E-state index contributed by atoms with van der Waals surface area (Å²) in [5.41, 5.74) is 0.412. The SMILES string of the molecule is CC(C)(C)C(=O)N1CCN(C(=O)Cc2cc(Cl)c3c(c2)OCCCO3)CC1. The van der Waals surface area contributed by atoms with Gasteiger partial charge in [0.25, 0.3) is 0 Å². The summed E-state index contributed by atoms with van der Waals surface area (Å²) in [4.78, 5) is 28.7. The minimum Gasteiger partial charge on any atom is -0.489 e. The van der Waals surface area contributed by atoms with Crippen molar-refractivity contribution in [1.29, 1.82) is 0 Å². The maximum atomic E-state index is 12.7. The fourth-order valence-electron chi connectivity index (χ4n) is 3.31. The van der Waals surface area contributed by atoms with Crippen LogP contribution in [0.25, 0.3) is 0 Å². The van der Waals surface area contributed by atoms with Crippen LogP contribution in [0, 0.1) is 5.41 Å². The molecule has 0 aliphatic carbocycles. The first-order valence-electron chi connectivity index (χ1n) is 9.41. The van der Waals surface area contributed by atoms with Gasteiger partial charge in [-0.3, -0.25) is 9.59 Å². The fourth-order valence-corrected chi connectivity index (χ4v) is 3.59. The second-order valence-electron chi connectivity index (χ2n) is 8.06. The molecule has 1 saturated heterocycles. The Labute approximate surface area is 165 Å². The average Bonchev–Trinajstić information content (AvgIpc) is 2.86. The predicted octanol–water partition coefficient (Wildman–Crippen LogP) is 2.76. The lowest BCUT2D eigenvalue weighted by atomic mass is 9.94. The molecule has 3 rings (SSSR count). The molecular weight excluding hydrogens is 368 g/mol. The Balaban J connectivity index is 1.61. The fraction of sp³-hybridized carbons (Fsp3) is 0.600. The molecule has 6 nitrogen and oxygen atoms in total. The highest BCUT2D eigenvalue weighted by Crippen LogP contribution is 2.38. The number of hydrogen-bond acceptors (Lipinski definition) is 4. The number of amides is 2. The van der Waals surface area contributed by atoms with E-state index in [0.717, 1.165) is 12.0 Å². The van der Waals surface area contributed by atoms with Gasteiger partial charge < -0.3 is 19.3 Å². The van der Waals surface area contributed by atoms with Crippen molar-refractivity contribution in [2.75, 3.05) is 39.4 Å². The van der Waals surface area contributed by atoms with Gasteiger partial charge in [-0.15, -0.1) is 0 Å². The number of carbonyl (C=O) groups is 2. The molecule has 0 spiro atoms. The zero-order chi connectivity index (χ0) is 19.6. The molecule has 2 heterocycles. The van der Waals surface area contributed by atoms with E-state index in [1.165, 1.54) is 0 Å². The van der Waals surface area contributed by atoms with Crippen molar-refractivity contribution in [3.05, 3.63) is 22.7 Å². The van der Waals surface area contributed by atoms with E-state index in [1.807, 2.05) is 36.6 Å². The number of nitrogens with zero attached hydrogens (tertiary/aromatic N) is 2. The molecule has 1 aromatic rings. The molecule has 0 N–H and O–H groups in total. The van der Waals surface area contributed by atoms with Crippen LogP contribution >= 0.6 is 11.6 Å². The molecule has 1 aromatic carbocycles. The third-order valence-electron chi connectivity index (χ3n) is 4.78.